The number of carbonyl (C=O) groups is 1. The molecule has 3 rings (SSSR count). The van der Waals surface area contributed by atoms with Crippen molar-refractivity contribution >= 4 is 5.97 Å². The number of fused-ring (bicyclic) bond motifs is 1. The molecule has 0 radical (unpaired) electrons. The Hall–Kier alpha value is -2.53. The van der Waals surface area contributed by atoms with Crippen LogP contribution < -0.4 is 14.4 Å². The summed E-state index contributed by atoms with van der Waals surface area (Å²) in [4.78, 5) is 13.4. The number of benzene rings is 2. The number of esters is 1. The number of quaternary nitrogens is 1. The highest BCUT2D eigenvalue weighted by molar-refractivity contribution is 5.90. The molecule has 126 valence electrons. The molecule has 0 saturated heterocycles. The Balaban J connectivity index is 1.47. The minimum Gasteiger partial charge on any atom is -0.486 e. The number of nitrogens with one attached hydrogen (secondary N) is 1. The van der Waals surface area contributed by atoms with Crippen LogP contribution in [0.4, 0.5) is 0 Å². The molecule has 1 aliphatic rings. The third-order valence-electron chi connectivity index (χ3n) is 3.89. The predicted octanol–water partition coefficient (Wildman–Crippen LogP) is 1.33. The first-order chi connectivity index (χ1) is 11.7. The van der Waals surface area contributed by atoms with E-state index in [1.165, 1.54) is 10.5 Å². The lowest BCUT2D eigenvalue weighted by molar-refractivity contribution is -0.893. The molecule has 0 fully saturated rings. The molecule has 0 amide bonds. The fraction of sp³-hybridized carbons (Fsp3) is 0.316. The van der Waals surface area contributed by atoms with Crippen molar-refractivity contribution in [1.29, 1.82) is 0 Å². The standard InChI is InChI=1S/C19H21NO4/c1-20(14-15-5-3-2-4-6-15)9-10-24-19(21)16-7-8-17-18(13-16)23-12-11-22-17/h2-8,13H,9-12,14H2,1H3/p+1. The van der Waals surface area contributed by atoms with E-state index in [4.69, 9.17) is 14.2 Å². The molecule has 1 atom stereocenters. The van der Waals surface area contributed by atoms with Crippen molar-refractivity contribution < 1.29 is 23.9 Å². The van der Waals surface area contributed by atoms with Gasteiger partial charge < -0.3 is 19.1 Å². The second kappa shape index (κ2) is 7.84. The van der Waals surface area contributed by atoms with E-state index in [2.05, 4.69) is 19.2 Å². The normalized spacial score (nSPS) is 14.0. The summed E-state index contributed by atoms with van der Waals surface area (Å²) in [5.41, 5.74) is 1.76. The van der Waals surface area contributed by atoms with Gasteiger partial charge >= 0.3 is 5.97 Å². The third-order valence-corrected chi connectivity index (χ3v) is 3.89. The highest BCUT2D eigenvalue weighted by Gasteiger charge is 2.16. The zero-order valence-corrected chi connectivity index (χ0v) is 13.8. The van der Waals surface area contributed by atoms with E-state index >= 15 is 0 Å². The van der Waals surface area contributed by atoms with Crippen LogP contribution in [0.15, 0.2) is 48.5 Å². The summed E-state index contributed by atoms with van der Waals surface area (Å²) < 4.78 is 16.3. The van der Waals surface area contributed by atoms with Crippen LogP contribution in [0.1, 0.15) is 15.9 Å². The number of hydrogen-bond donors (Lipinski definition) is 1. The Bertz CT molecular complexity index is 687. The van der Waals surface area contributed by atoms with Gasteiger partial charge in [0.2, 0.25) is 0 Å². The van der Waals surface area contributed by atoms with Crippen molar-refractivity contribution in [3.05, 3.63) is 59.7 Å². The Kier molecular flexibility index (Phi) is 5.33. The number of carbonyl (C=O) groups excluding carboxylic acids is 1. The maximum Gasteiger partial charge on any atom is 0.338 e. The van der Waals surface area contributed by atoms with Crippen molar-refractivity contribution in [3.8, 4) is 11.5 Å². The van der Waals surface area contributed by atoms with Gasteiger partial charge in [-0.05, 0) is 18.2 Å². The average molecular weight is 328 g/mol. The Morgan fingerprint density at radius 3 is 2.62 bits per heavy atom. The van der Waals surface area contributed by atoms with Gasteiger partial charge in [0.1, 0.15) is 32.9 Å². The van der Waals surface area contributed by atoms with Crippen molar-refractivity contribution in [3.63, 3.8) is 0 Å². The highest BCUT2D eigenvalue weighted by Crippen LogP contribution is 2.30. The lowest BCUT2D eigenvalue weighted by atomic mass is 10.2. The van der Waals surface area contributed by atoms with Gasteiger partial charge in [0.25, 0.3) is 0 Å². The van der Waals surface area contributed by atoms with Crippen LogP contribution in [0.3, 0.4) is 0 Å². The summed E-state index contributed by atoms with van der Waals surface area (Å²) >= 11 is 0. The largest absolute Gasteiger partial charge is 0.486 e. The van der Waals surface area contributed by atoms with Gasteiger partial charge in [-0.25, -0.2) is 4.79 Å². The molecule has 2 aromatic carbocycles. The Morgan fingerprint density at radius 1 is 1.08 bits per heavy atom. The van der Waals surface area contributed by atoms with Crippen LogP contribution in [0.5, 0.6) is 11.5 Å². The van der Waals surface area contributed by atoms with Crippen LogP contribution in [-0.2, 0) is 11.3 Å². The second-order valence-electron chi connectivity index (χ2n) is 5.86. The summed E-state index contributed by atoms with van der Waals surface area (Å²) in [6, 6.07) is 15.4. The minimum absolute atomic E-state index is 0.334. The first-order valence-electron chi connectivity index (χ1n) is 8.14. The quantitative estimate of drug-likeness (QED) is 0.813. The van der Waals surface area contributed by atoms with E-state index < -0.39 is 0 Å². The van der Waals surface area contributed by atoms with Gasteiger partial charge in [-0.2, -0.15) is 0 Å². The van der Waals surface area contributed by atoms with Crippen molar-refractivity contribution in [2.24, 2.45) is 0 Å². The van der Waals surface area contributed by atoms with Crippen LogP contribution in [-0.4, -0.2) is 39.4 Å². The number of likely N-dealkylation sites (N-methyl/N-ethyl adjacent to an activating group) is 1. The van der Waals surface area contributed by atoms with Gasteiger partial charge in [-0.1, -0.05) is 30.3 Å². The molecule has 0 bridgehead atoms. The molecule has 0 aliphatic carbocycles. The number of ether oxygens (including phenoxy) is 3. The molecule has 1 heterocycles. The van der Waals surface area contributed by atoms with Gasteiger partial charge in [0.15, 0.2) is 11.5 Å². The van der Waals surface area contributed by atoms with Gasteiger partial charge in [-0.3, -0.25) is 0 Å². The highest BCUT2D eigenvalue weighted by atomic mass is 16.6. The molecule has 0 spiro atoms. The fourth-order valence-electron chi connectivity index (χ4n) is 2.60. The maximum atomic E-state index is 12.1. The first kappa shape index (κ1) is 16.3. The van der Waals surface area contributed by atoms with Crippen molar-refractivity contribution in [1.82, 2.24) is 0 Å². The van der Waals surface area contributed by atoms with Crippen LogP contribution in [0.25, 0.3) is 0 Å². The molecule has 0 aromatic heterocycles. The maximum absolute atomic E-state index is 12.1. The second-order valence-corrected chi connectivity index (χ2v) is 5.86. The molecule has 5 nitrogen and oxygen atoms in total. The molecular weight excluding hydrogens is 306 g/mol. The average Bonchev–Trinajstić information content (AvgIpc) is 2.62. The number of rotatable bonds is 6. The Labute approximate surface area is 141 Å². The summed E-state index contributed by atoms with van der Waals surface area (Å²) in [6.07, 6.45) is 0. The van der Waals surface area contributed by atoms with Crippen molar-refractivity contribution in [2.45, 2.75) is 6.54 Å². The first-order valence-corrected chi connectivity index (χ1v) is 8.14. The monoisotopic (exact) mass is 328 g/mol. The predicted molar refractivity (Wildman–Crippen MR) is 89.6 cm³/mol. The summed E-state index contributed by atoms with van der Waals surface area (Å²) in [6.45, 7) is 3.08. The SMILES string of the molecule is C[NH+](CCOC(=O)c1ccc2c(c1)OCCO2)Cc1ccccc1. The molecule has 0 saturated carbocycles. The topological polar surface area (TPSA) is 49.2 Å². The summed E-state index contributed by atoms with van der Waals surface area (Å²) in [5.74, 6) is 0.937. The minimum atomic E-state index is -0.334. The van der Waals surface area contributed by atoms with E-state index in [-0.39, 0.29) is 5.97 Å². The van der Waals surface area contributed by atoms with Crippen LogP contribution in [0.2, 0.25) is 0 Å². The summed E-state index contributed by atoms with van der Waals surface area (Å²) in [5, 5.41) is 0. The van der Waals surface area contributed by atoms with Crippen LogP contribution in [0, 0.1) is 0 Å². The van der Waals surface area contributed by atoms with Crippen LogP contribution >= 0.6 is 0 Å². The smallest absolute Gasteiger partial charge is 0.338 e. The zero-order chi connectivity index (χ0) is 16.8. The van der Waals surface area contributed by atoms with Gasteiger partial charge in [-0.15, -0.1) is 0 Å². The molecule has 2 aromatic rings. The van der Waals surface area contributed by atoms with Gasteiger partial charge in [0.05, 0.1) is 12.6 Å². The molecule has 5 heteroatoms. The lowest BCUT2D eigenvalue weighted by Crippen LogP contribution is -3.08. The van der Waals surface area contributed by atoms with Gasteiger partial charge in [0, 0.05) is 5.56 Å². The van der Waals surface area contributed by atoms with Crippen molar-refractivity contribution in [2.75, 3.05) is 33.4 Å². The molecule has 1 aliphatic heterocycles. The van der Waals surface area contributed by atoms with E-state index in [0.717, 1.165) is 13.1 Å². The number of hydrogen-bond acceptors (Lipinski definition) is 4. The molecule has 24 heavy (non-hydrogen) atoms. The van der Waals surface area contributed by atoms with E-state index in [9.17, 15) is 4.79 Å². The third kappa shape index (κ3) is 4.26. The lowest BCUT2D eigenvalue weighted by Gasteiger charge is -2.18. The van der Waals surface area contributed by atoms with E-state index in [1.807, 2.05) is 18.2 Å². The fourth-order valence-corrected chi connectivity index (χ4v) is 2.60. The Morgan fingerprint density at radius 2 is 1.83 bits per heavy atom. The van der Waals surface area contributed by atoms with E-state index in [0.29, 0.717) is 36.9 Å². The zero-order valence-electron chi connectivity index (χ0n) is 13.8. The molecule has 1 unspecified atom stereocenters. The molecule has 1 N–H and O–H groups in total. The summed E-state index contributed by atoms with van der Waals surface area (Å²) in [7, 11) is 2.09. The molecular formula is C19H22NO4+. The van der Waals surface area contributed by atoms with E-state index in [1.54, 1.807) is 18.2 Å².